The van der Waals surface area contributed by atoms with Crippen LogP contribution in [-0.4, -0.2) is 72.5 Å². The van der Waals surface area contributed by atoms with Crippen LogP contribution in [-0.2, 0) is 19.1 Å². The number of piperazine rings is 1. The van der Waals surface area contributed by atoms with Crippen molar-refractivity contribution in [1.29, 1.82) is 0 Å². The number of ether oxygens (including phenoxy) is 2. The predicted octanol–water partition coefficient (Wildman–Crippen LogP) is 1.32. The van der Waals surface area contributed by atoms with Crippen LogP contribution in [0.3, 0.4) is 0 Å². The molecule has 0 saturated carbocycles. The van der Waals surface area contributed by atoms with Gasteiger partial charge in [-0.3, -0.25) is 14.7 Å². The number of benzene rings is 1. The lowest BCUT2D eigenvalue weighted by atomic mass is 10.1. The summed E-state index contributed by atoms with van der Waals surface area (Å²) in [5.41, 5.74) is 1.76. The summed E-state index contributed by atoms with van der Waals surface area (Å²) in [7, 11) is 0. The van der Waals surface area contributed by atoms with Crippen LogP contribution in [0.25, 0.3) is 10.9 Å². The number of nitrogens with one attached hydrogen (secondary N) is 1. The molecule has 8 nitrogen and oxygen atoms in total. The Hall–Kier alpha value is -2.45. The van der Waals surface area contributed by atoms with E-state index in [2.05, 4.69) is 10.2 Å². The topological polar surface area (TPSA) is 87.8 Å². The minimum absolute atomic E-state index is 0.00583. The highest BCUT2D eigenvalue weighted by molar-refractivity contribution is 5.99. The van der Waals surface area contributed by atoms with Gasteiger partial charge in [0, 0.05) is 30.8 Å². The number of rotatable bonds is 5. The summed E-state index contributed by atoms with van der Waals surface area (Å²) in [6.45, 7) is 2.24. The van der Waals surface area contributed by atoms with E-state index >= 15 is 0 Å². The molecule has 0 radical (unpaired) electrons. The lowest BCUT2D eigenvalue weighted by Gasteiger charge is -2.34. The molecule has 1 aromatic heterocycles. The zero-order chi connectivity index (χ0) is 18.6. The molecule has 0 spiro atoms. The number of anilines is 1. The highest BCUT2D eigenvalue weighted by Gasteiger charge is 2.28. The summed E-state index contributed by atoms with van der Waals surface area (Å²) in [6, 6.07) is 5.73. The first-order chi connectivity index (χ1) is 13.2. The zero-order valence-corrected chi connectivity index (χ0v) is 15.2. The van der Waals surface area contributed by atoms with Crippen molar-refractivity contribution in [2.45, 2.75) is 25.4 Å². The predicted molar refractivity (Wildman–Crippen MR) is 99.4 cm³/mol. The van der Waals surface area contributed by atoms with Crippen LogP contribution < -0.4 is 4.90 Å². The minimum atomic E-state index is -0.149. The molecular formula is C19H24N4O4. The summed E-state index contributed by atoms with van der Waals surface area (Å²) in [5, 5.41) is 7.85. The van der Waals surface area contributed by atoms with Gasteiger partial charge in [0.25, 0.3) is 0 Å². The van der Waals surface area contributed by atoms with Crippen LogP contribution in [0.1, 0.15) is 19.3 Å². The summed E-state index contributed by atoms with van der Waals surface area (Å²) < 4.78 is 11.1. The fourth-order valence-corrected chi connectivity index (χ4v) is 3.56. The number of aromatic nitrogens is 2. The first-order valence-corrected chi connectivity index (χ1v) is 9.41. The minimum Gasteiger partial charge on any atom is -0.376 e. The van der Waals surface area contributed by atoms with Gasteiger partial charge >= 0.3 is 0 Å². The number of H-pyrrole nitrogens is 1. The van der Waals surface area contributed by atoms with Crippen molar-refractivity contribution < 1.29 is 19.1 Å². The molecule has 1 aromatic carbocycles. The summed E-state index contributed by atoms with van der Waals surface area (Å²) in [4.78, 5) is 28.2. The standard InChI is InChI=1S/C19H24N4O4/c24-18-11-22(19(25)13-26-12-16-3-1-2-8-27-16)6-7-23(18)15-4-5-17-14(9-15)10-20-21-17/h4-5,9-10,16H,1-3,6-8,11-13H2,(H,20,21). The van der Waals surface area contributed by atoms with Gasteiger partial charge in [-0.1, -0.05) is 0 Å². The summed E-state index contributed by atoms with van der Waals surface area (Å²) >= 11 is 0. The van der Waals surface area contributed by atoms with Crippen LogP contribution in [0.4, 0.5) is 5.69 Å². The molecule has 2 amide bonds. The van der Waals surface area contributed by atoms with Gasteiger partial charge in [0.15, 0.2) is 0 Å². The Labute approximate surface area is 157 Å². The summed E-state index contributed by atoms with van der Waals surface area (Å²) in [5.74, 6) is -0.239. The van der Waals surface area contributed by atoms with E-state index in [9.17, 15) is 9.59 Å². The summed E-state index contributed by atoms with van der Waals surface area (Å²) in [6.07, 6.45) is 5.03. The van der Waals surface area contributed by atoms with Gasteiger partial charge < -0.3 is 19.3 Å². The maximum absolute atomic E-state index is 12.6. The average molecular weight is 372 g/mol. The second kappa shape index (κ2) is 8.06. The Morgan fingerprint density at radius 1 is 1.33 bits per heavy atom. The molecule has 1 N–H and O–H groups in total. The first-order valence-electron chi connectivity index (χ1n) is 9.41. The molecule has 3 heterocycles. The third kappa shape index (κ3) is 4.12. The SMILES string of the molecule is O=C(COCC1CCCCO1)N1CCN(c2ccc3[nH]ncc3c2)C(=O)C1. The molecule has 2 aromatic rings. The molecule has 0 aliphatic carbocycles. The normalized spacial score (nSPS) is 21.0. The van der Waals surface area contributed by atoms with E-state index < -0.39 is 0 Å². The van der Waals surface area contributed by atoms with Gasteiger partial charge in [-0.15, -0.1) is 0 Å². The maximum atomic E-state index is 12.6. The average Bonchev–Trinajstić information content (AvgIpc) is 3.16. The number of hydrogen-bond donors (Lipinski definition) is 1. The van der Waals surface area contributed by atoms with E-state index in [0.29, 0.717) is 19.7 Å². The van der Waals surface area contributed by atoms with Gasteiger partial charge in [-0.25, -0.2) is 0 Å². The molecule has 0 bridgehead atoms. The Balaban J connectivity index is 1.28. The lowest BCUT2D eigenvalue weighted by Crippen LogP contribution is -2.53. The first kappa shape index (κ1) is 17.9. The molecule has 8 heteroatoms. The fraction of sp³-hybridized carbons (Fsp3) is 0.526. The van der Waals surface area contributed by atoms with Crippen molar-refractivity contribution >= 4 is 28.4 Å². The third-order valence-electron chi connectivity index (χ3n) is 5.11. The smallest absolute Gasteiger partial charge is 0.249 e. The molecule has 2 saturated heterocycles. The molecule has 27 heavy (non-hydrogen) atoms. The number of fused-ring (bicyclic) bond motifs is 1. The quantitative estimate of drug-likeness (QED) is 0.855. The second-order valence-corrected chi connectivity index (χ2v) is 7.01. The molecule has 144 valence electrons. The number of carbonyl (C=O) groups excluding carboxylic acids is 2. The van der Waals surface area contributed by atoms with E-state index in [-0.39, 0.29) is 31.1 Å². The van der Waals surface area contributed by atoms with Crippen molar-refractivity contribution in [3.63, 3.8) is 0 Å². The van der Waals surface area contributed by atoms with Gasteiger partial charge in [0.05, 0.1) is 24.4 Å². The van der Waals surface area contributed by atoms with Crippen LogP contribution in [0.2, 0.25) is 0 Å². The number of amides is 2. The van der Waals surface area contributed by atoms with E-state index in [0.717, 1.165) is 42.5 Å². The molecule has 1 unspecified atom stereocenters. The fourth-order valence-electron chi connectivity index (χ4n) is 3.56. The Bertz CT molecular complexity index is 815. The molecule has 2 aliphatic heterocycles. The highest BCUT2D eigenvalue weighted by Crippen LogP contribution is 2.22. The van der Waals surface area contributed by atoms with Crippen molar-refractivity contribution in [2.24, 2.45) is 0 Å². The van der Waals surface area contributed by atoms with Crippen molar-refractivity contribution in [3.05, 3.63) is 24.4 Å². The van der Waals surface area contributed by atoms with Crippen LogP contribution >= 0.6 is 0 Å². The van der Waals surface area contributed by atoms with E-state index in [1.165, 1.54) is 0 Å². The second-order valence-electron chi connectivity index (χ2n) is 7.01. The lowest BCUT2D eigenvalue weighted by molar-refractivity contribution is -0.142. The number of aromatic amines is 1. The van der Waals surface area contributed by atoms with Crippen molar-refractivity contribution in [1.82, 2.24) is 15.1 Å². The molecule has 2 aliphatic rings. The maximum Gasteiger partial charge on any atom is 0.249 e. The number of hydrogen-bond acceptors (Lipinski definition) is 5. The molecule has 4 rings (SSSR count). The van der Waals surface area contributed by atoms with Crippen molar-refractivity contribution in [2.75, 3.05) is 44.4 Å². The van der Waals surface area contributed by atoms with Crippen LogP contribution in [0, 0.1) is 0 Å². The van der Waals surface area contributed by atoms with E-state index in [1.807, 2.05) is 18.2 Å². The van der Waals surface area contributed by atoms with Gasteiger partial charge in [0.2, 0.25) is 11.8 Å². The monoisotopic (exact) mass is 372 g/mol. The third-order valence-corrected chi connectivity index (χ3v) is 5.11. The highest BCUT2D eigenvalue weighted by atomic mass is 16.5. The number of nitrogens with zero attached hydrogens (tertiary/aromatic N) is 3. The molecular weight excluding hydrogens is 348 g/mol. The van der Waals surface area contributed by atoms with E-state index in [1.54, 1.807) is 16.0 Å². The Morgan fingerprint density at radius 3 is 3.07 bits per heavy atom. The Morgan fingerprint density at radius 2 is 2.26 bits per heavy atom. The van der Waals surface area contributed by atoms with Crippen LogP contribution in [0.15, 0.2) is 24.4 Å². The van der Waals surface area contributed by atoms with Gasteiger partial charge in [0.1, 0.15) is 13.2 Å². The number of carbonyl (C=O) groups is 2. The zero-order valence-electron chi connectivity index (χ0n) is 15.2. The molecule has 1 atom stereocenters. The van der Waals surface area contributed by atoms with Gasteiger partial charge in [-0.2, -0.15) is 5.10 Å². The van der Waals surface area contributed by atoms with Crippen LogP contribution in [0.5, 0.6) is 0 Å². The Kier molecular flexibility index (Phi) is 5.35. The van der Waals surface area contributed by atoms with Gasteiger partial charge in [-0.05, 0) is 37.5 Å². The molecule has 2 fully saturated rings. The largest absolute Gasteiger partial charge is 0.376 e. The van der Waals surface area contributed by atoms with Crippen molar-refractivity contribution in [3.8, 4) is 0 Å². The van der Waals surface area contributed by atoms with E-state index in [4.69, 9.17) is 9.47 Å².